The van der Waals surface area contributed by atoms with Crippen molar-refractivity contribution in [2.45, 2.75) is 0 Å². The number of rotatable bonds is 5. The van der Waals surface area contributed by atoms with E-state index in [9.17, 15) is 9.18 Å². The number of carbonyl (C=O) groups is 1. The number of halogens is 1. The quantitative estimate of drug-likeness (QED) is 0.457. The molecule has 31 heavy (non-hydrogen) atoms. The number of nitrogens with zero attached hydrogens (tertiary/aromatic N) is 7. The van der Waals surface area contributed by atoms with Crippen LogP contribution in [0.15, 0.2) is 72.6 Å². The fourth-order valence-electron chi connectivity index (χ4n) is 2.88. The third kappa shape index (κ3) is 3.81. The van der Waals surface area contributed by atoms with E-state index in [0.717, 1.165) is 11.3 Å². The minimum Gasteiger partial charge on any atom is -0.318 e. The SMILES string of the molecule is O=C(Nc1cc(-n2cnnn2)ccc1F)c1csc(-c2cnn(-c3ccccc3)c2)n1. The van der Waals surface area contributed by atoms with Crippen LogP contribution in [0.4, 0.5) is 10.1 Å². The highest BCUT2D eigenvalue weighted by Gasteiger charge is 2.16. The molecule has 0 spiro atoms. The summed E-state index contributed by atoms with van der Waals surface area (Å²) in [6.45, 7) is 0. The maximum Gasteiger partial charge on any atom is 0.275 e. The number of amides is 1. The van der Waals surface area contributed by atoms with E-state index in [-0.39, 0.29) is 11.4 Å². The predicted molar refractivity (Wildman–Crippen MR) is 112 cm³/mol. The van der Waals surface area contributed by atoms with Crippen molar-refractivity contribution in [2.75, 3.05) is 5.32 Å². The summed E-state index contributed by atoms with van der Waals surface area (Å²) < 4.78 is 17.3. The number of hydrogen-bond donors (Lipinski definition) is 1. The predicted octanol–water partition coefficient (Wildman–Crippen LogP) is 3.36. The Hall–Kier alpha value is -4.25. The summed E-state index contributed by atoms with van der Waals surface area (Å²) in [5, 5.41) is 20.0. The van der Waals surface area contributed by atoms with Crippen LogP contribution in [0.1, 0.15) is 10.5 Å². The number of anilines is 1. The van der Waals surface area contributed by atoms with Crippen LogP contribution in [0.5, 0.6) is 0 Å². The van der Waals surface area contributed by atoms with Gasteiger partial charge in [-0.2, -0.15) is 5.10 Å². The van der Waals surface area contributed by atoms with E-state index >= 15 is 0 Å². The molecule has 1 amide bonds. The minimum absolute atomic E-state index is 0.00412. The monoisotopic (exact) mass is 432 g/mol. The highest BCUT2D eigenvalue weighted by molar-refractivity contribution is 7.13. The van der Waals surface area contributed by atoms with Gasteiger partial charge < -0.3 is 5.32 Å². The van der Waals surface area contributed by atoms with Crippen LogP contribution in [0.25, 0.3) is 21.9 Å². The molecule has 3 aromatic heterocycles. The van der Waals surface area contributed by atoms with Crippen LogP contribution in [0, 0.1) is 5.82 Å². The molecule has 11 heteroatoms. The van der Waals surface area contributed by atoms with Crippen molar-refractivity contribution in [3.05, 3.63) is 84.1 Å². The van der Waals surface area contributed by atoms with E-state index in [4.69, 9.17) is 0 Å². The van der Waals surface area contributed by atoms with E-state index in [1.165, 1.54) is 40.5 Å². The molecule has 0 atom stereocenters. The van der Waals surface area contributed by atoms with Crippen molar-refractivity contribution in [1.29, 1.82) is 0 Å². The standard InChI is InChI=1S/C20H13FN8OS/c21-16-7-6-15(29-12-22-26-27-29)8-17(16)24-19(30)18-11-31-20(25-18)13-9-23-28(10-13)14-4-2-1-3-5-14/h1-12H,(H,24,30). The van der Waals surface area contributed by atoms with Gasteiger partial charge >= 0.3 is 0 Å². The van der Waals surface area contributed by atoms with E-state index in [2.05, 4.69) is 30.9 Å². The molecule has 9 nitrogen and oxygen atoms in total. The number of hydrogen-bond acceptors (Lipinski definition) is 7. The molecule has 0 aliphatic heterocycles. The van der Waals surface area contributed by atoms with Crippen molar-refractivity contribution in [3.63, 3.8) is 0 Å². The van der Waals surface area contributed by atoms with Gasteiger partial charge in [0.25, 0.3) is 5.91 Å². The second-order valence-electron chi connectivity index (χ2n) is 6.42. The first-order valence-corrected chi connectivity index (χ1v) is 9.95. The van der Waals surface area contributed by atoms with E-state index < -0.39 is 11.7 Å². The van der Waals surface area contributed by atoms with Crippen molar-refractivity contribution >= 4 is 22.9 Å². The van der Waals surface area contributed by atoms with Gasteiger partial charge in [0.1, 0.15) is 22.8 Å². The molecular weight excluding hydrogens is 419 g/mol. The fourth-order valence-corrected chi connectivity index (χ4v) is 3.66. The first-order chi connectivity index (χ1) is 15.2. The Morgan fingerprint density at radius 1 is 1.06 bits per heavy atom. The Bertz CT molecular complexity index is 1350. The molecule has 2 aromatic carbocycles. The zero-order chi connectivity index (χ0) is 21.2. The van der Waals surface area contributed by atoms with Crippen molar-refractivity contribution < 1.29 is 9.18 Å². The van der Waals surface area contributed by atoms with Gasteiger partial charge in [-0.05, 0) is 40.8 Å². The molecule has 0 saturated carbocycles. The lowest BCUT2D eigenvalue weighted by atomic mass is 10.2. The number of thiazole rings is 1. The molecule has 0 bridgehead atoms. The van der Waals surface area contributed by atoms with Crippen LogP contribution in [-0.4, -0.2) is 40.9 Å². The summed E-state index contributed by atoms with van der Waals surface area (Å²) in [6, 6.07) is 13.8. The van der Waals surface area contributed by atoms with Crippen molar-refractivity contribution in [3.8, 4) is 21.9 Å². The van der Waals surface area contributed by atoms with Crippen molar-refractivity contribution in [2.24, 2.45) is 0 Å². The van der Waals surface area contributed by atoms with E-state index in [1.807, 2.05) is 36.5 Å². The number of nitrogens with one attached hydrogen (secondary N) is 1. The molecule has 152 valence electrons. The summed E-state index contributed by atoms with van der Waals surface area (Å²) in [5.74, 6) is -1.10. The molecule has 0 aliphatic rings. The lowest BCUT2D eigenvalue weighted by Gasteiger charge is -2.07. The lowest BCUT2D eigenvalue weighted by molar-refractivity contribution is 0.102. The van der Waals surface area contributed by atoms with Gasteiger partial charge in [-0.15, -0.1) is 16.4 Å². The smallest absolute Gasteiger partial charge is 0.275 e. The Kier molecular flexibility index (Phi) is 4.77. The second-order valence-corrected chi connectivity index (χ2v) is 7.28. The third-order valence-corrected chi connectivity index (χ3v) is 5.29. The van der Waals surface area contributed by atoms with Gasteiger partial charge in [-0.1, -0.05) is 18.2 Å². The summed E-state index contributed by atoms with van der Waals surface area (Å²) in [7, 11) is 0. The molecule has 1 N–H and O–H groups in total. The third-order valence-electron chi connectivity index (χ3n) is 4.40. The Morgan fingerprint density at radius 3 is 2.74 bits per heavy atom. The molecule has 0 unspecified atom stereocenters. The molecule has 0 aliphatic carbocycles. The fraction of sp³-hybridized carbons (Fsp3) is 0. The molecule has 5 aromatic rings. The normalized spacial score (nSPS) is 10.9. The first-order valence-electron chi connectivity index (χ1n) is 9.07. The van der Waals surface area contributed by atoms with Crippen LogP contribution in [0.3, 0.4) is 0 Å². The number of carbonyl (C=O) groups excluding carboxylic acids is 1. The average molecular weight is 432 g/mol. The summed E-state index contributed by atoms with van der Waals surface area (Å²) in [5.41, 5.74) is 2.39. The van der Waals surface area contributed by atoms with Gasteiger partial charge in [-0.25, -0.2) is 18.7 Å². The van der Waals surface area contributed by atoms with Crippen LogP contribution in [-0.2, 0) is 0 Å². The Morgan fingerprint density at radius 2 is 1.94 bits per heavy atom. The molecular formula is C20H13FN8OS. The Labute approximate surface area is 178 Å². The molecule has 5 rings (SSSR count). The lowest BCUT2D eigenvalue weighted by Crippen LogP contribution is -2.14. The van der Waals surface area contributed by atoms with Crippen molar-refractivity contribution in [1.82, 2.24) is 35.0 Å². The zero-order valence-electron chi connectivity index (χ0n) is 15.8. The van der Waals surface area contributed by atoms with E-state index in [1.54, 1.807) is 16.3 Å². The van der Waals surface area contributed by atoms with Crippen LogP contribution < -0.4 is 5.32 Å². The van der Waals surface area contributed by atoms with Gasteiger partial charge in [-0.3, -0.25) is 4.79 Å². The summed E-state index contributed by atoms with van der Waals surface area (Å²) in [4.78, 5) is 17.0. The molecule has 0 radical (unpaired) electrons. The van der Waals surface area contributed by atoms with Gasteiger partial charge in [0.05, 0.1) is 23.3 Å². The van der Waals surface area contributed by atoms with Crippen LogP contribution >= 0.6 is 11.3 Å². The Balaban J connectivity index is 1.35. The number of benzene rings is 2. The summed E-state index contributed by atoms with van der Waals surface area (Å²) >= 11 is 1.31. The first kappa shape index (κ1) is 18.8. The number of tetrazole rings is 1. The summed E-state index contributed by atoms with van der Waals surface area (Å²) in [6.07, 6.45) is 4.90. The second kappa shape index (κ2) is 7.88. The maximum atomic E-state index is 14.2. The number of aromatic nitrogens is 7. The zero-order valence-corrected chi connectivity index (χ0v) is 16.6. The van der Waals surface area contributed by atoms with E-state index in [0.29, 0.717) is 10.7 Å². The minimum atomic E-state index is -0.579. The maximum absolute atomic E-state index is 14.2. The topological polar surface area (TPSA) is 103 Å². The van der Waals surface area contributed by atoms with Gasteiger partial charge in [0.2, 0.25) is 0 Å². The van der Waals surface area contributed by atoms with Gasteiger partial charge in [0.15, 0.2) is 0 Å². The molecule has 0 saturated heterocycles. The highest BCUT2D eigenvalue weighted by Crippen LogP contribution is 2.25. The molecule has 0 fully saturated rings. The number of para-hydroxylation sites is 1. The largest absolute Gasteiger partial charge is 0.318 e. The highest BCUT2D eigenvalue weighted by atomic mass is 32.1. The molecule has 3 heterocycles. The average Bonchev–Trinajstić information content (AvgIpc) is 3.56. The van der Waals surface area contributed by atoms with Crippen LogP contribution in [0.2, 0.25) is 0 Å². The van der Waals surface area contributed by atoms with Gasteiger partial charge in [0, 0.05) is 17.1 Å².